The fourth-order valence-corrected chi connectivity index (χ4v) is 3.69. The van der Waals surface area contributed by atoms with E-state index in [1.165, 1.54) is 12.5 Å². The van der Waals surface area contributed by atoms with Gasteiger partial charge in [0.05, 0.1) is 6.61 Å². The third kappa shape index (κ3) is 4.87. The summed E-state index contributed by atoms with van der Waals surface area (Å²) in [4.78, 5) is 26.0. The molecule has 0 radical (unpaired) electrons. The maximum Gasteiger partial charge on any atom is 0.411 e. The standard InChI is InChI=1S/C20H26N2O5/c1-2-26-20(25)21-15-6-7-17-14(11-19(24)27-18(17)12-15)13-22-9-4-3-5-16(22)8-10-23/h6-7,11-12,16,23H,2-5,8-10,13H2,1H3,(H,21,25). The van der Waals surface area contributed by atoms with Gasteiger partial charge in [-0.05, 0) is 50.4 Å². The van der Waals surface area contributed by atoms with Crippen LogP contribution in [0.2, 0.25) is 0 Å². The summed E-state index contributed by atoms with van der Waals surface area (Å²) in [6, 6.07) is 7.12. The Balaban J connectivity index is 1.87. The van der Waals surface area contributed by atoms with Crippen LogP contribution in [0, 0.1) is 0 Å². The van der Waals surface area contributed by atoms with Gasteiger partial charge in [0.2, 0.25) is 0 Å². The molecule has 0 aliphatic carbocycles. The van der Waals surface area contributed by atoms with Crippen molar-refractivity contribution in [3.05, 3.63) is 40.2 Å². The van der Waals surface area contributed by atoms with Crippen molar-refractivity contribution in [3.63, 3.8) is 0 Å². The highest BCUT2D eigenvalue weighted by Gasteiger charge is 2.23. The van der Waals surface area contributed by atoms with Crippen LogP contribution in [0.5, 0.6) is 0 Å². The number of ether oxygens (including phenoxy) is 1. The van der Waals surface area contributed by atoms with Crippen LogP contribution in [-0.4, -0.2) is 41.9 Å². The van der Waals surface area contributed by atoms with Gasteiger partial charge in [0, 0.05) is 42.4 Å². The second-order valence-corrected chi connectivity index (χ2v) is 6.78. The van der Waals surface area contributed by atoms with E-state index in [1.807, 2.05) is 6.07 Å². The van der Waals surface area contributed by atoms with Gasteiger partial charge in [-0.25, -0.2) is 9.59 Å². The number of benzene rings is 1. The van der Waals surface area contributed by atoms with Gasteiger partial charge in [0.25, 0.3) is 0 Å². The molecule has 1 saturated heterocycles. The molecule has 2 aromatic rings. The first-order valence-corrected chi connectivity index (χ1v) is 9.46. The second-order valence-electron chi connectivity index (χ2n) is 6.78. The minimum absolute atomic E-state index is 0.168. The van der Waals surface area contributed by atoms with E-state index < -0.39 is 11.7 Å². The van der Waals surface area contributed by atoms with E-state index in [9.17, 15) is 14.7 Å². The second kappa shape index (κ2) is 9.01. The lowest BCUT2D eigenvalue weighted by Gasteiger charge is -2.35. The highest BCUT2D eigenvalue weighted by atomic mass is 16.5. The Kier molecular flexibility index (Phi) is 6.47. The van der Waals surface area contributed by atoms with E-state index in [1.54, 1.807) is 19.1 Å². The first-order valence-electron chi connectivity index (χ1n) is 9.46. The topological polar surface area (TPSA) is 92.0 Å². The molecule has 1 aromatic carbocycles. The number of aliphatic hydroxyl groups is 1. The van der Waals surface area contributed by atoms with Gasteiger partial charge in [-0.2, -0.15) is 0 Å². The number of aliphatic hydroxyl groups excluding tert-OH is 1. The minimum Gasteiger partial charge on any atom is -0.450 e. The van der Waals surface area contributed by atoms with Crippen molar-refractivity contribution in [1.29, 1.82) is 0 Å². The molecule has 2 heterocycles. The van der Waals surface area contributed by atoms with Gasteiger partial charge in [-0.1, -0.05) is 6.42 Å². The molecule has 1 aromatic heterocycles. The lowest BCUT2D eigenvalue weighted by atomic mass is 9.98. The molecule has 0 bridgehead atoms. The number of likely N-dealkylation sites (tertiary alicyclic amines) is 1. The number of carbonyl (C=O) groups is 1. The number of fused-ring (bicyclic) bond motifs is 1. The SMILES string of the molecule is CCOC(=O)Nc1ccc2c(CN3CCCCC3CCO)cc(=O)oc2c1. The van der Waals surface area contributed by atoms with E-state index in [4.69, 9.17) is 9.15 Å². The van der Waals surface area contributed by atoms with Crippen molar-refractivity contribution in [1.82, 2.24) is 4.90 Å². The number of amides is 1. The minimum atomic E-state index is -0.546. The Morgan fingerprint density at radius 2 is 2.22 bits per heavy atom. The lowest BCUT2D eigenvalue weighted by molar-refractivity contribution is 0.113. The zero-order chi connectivity index (χ0) is 19.2. The van der Waals surface area contributed by atoms with E-state index in [0.717, 1.165) is 36.8 Å². The Morgan fingerprint density at radius 1 is 1.37 bits per heavy atom. The molecule has 1 amide bonds. The number of rotatable bonds is 6. The monoisotopic (exact) mass is 374 g/mol. The van der Waals surface area contributed by atoms with E-state index in [0.29, 0.717) is 23.9 Å². The van der Waals surface area contributed by atoms with E-state index in [-0.39, 0.29) is 13.2 Å². The predicted molar refractivity (Wildman–Crippen MR) is 103 cm³/mol. The molecule has 0 saturated carbocycles. The average molecular weight is 374 g/mol. The Bertz CT molecular complexity index is 846. The molecular weight excluding hydrogens is 348 g/mol. The van der Waals surface area contributed by atoms with Crippen molar-refractivity contribution < 1.29 is 19.1 Å². The van der Waals surface area contributed by atoms with Crippen molar-refractivity contribution in [2.24, 2.45) is 0 Å². The molecule has 0 spiro atoms. The predicted octanol–water partition coefficient (Wildman–Crippen LogP) is 3.10. The maximum absolute atomic E-state index is 12.1. The summed E-state index contributed by atoms with van der Waals surface area (Å²) in [5.74, 6) is 0. The zero-order valence-corrected chi connectivity index (χ0v) is 15.6. The van der Waals surface area contributed by atoms with Gasteiger partial charge < -0.3 is 14.3 Å². The summed E-state index contributed by atoms with van der Waals surface area (Å²) in [5, 5.41) is 12.8. The molecule has 27 heavy (non-hydrogen) atoms. The van der Waals surface area contributed by atoms with Crippen molar-refractivity contribution in [2.45, 2.75) is 45.2 Å². The van der Waals surface area contributed by atoms with Crippen molar-refractivity contribution in [2.75, 3.05) is 25.1 Å². The molecule has 3 rings (SSSR count). The first-order chi connectivity index (χ1) is 13.1. The summed E-state index contributed by atoms with van der Waals surface area (Å²) in [5.41, 5.74) is 1.43. The van der Waals surface area contributed by atoms with Crippen LogP contribution in [0.25, 0.3) is 11.0 Å². The van der Waals surface area contributed by atoms with Crippen molar-refractivity contribution >= 4 is 22.7 Å². The van der Waals surface area contributed by atoms with E-state index >= 15 is 0 Å². The molecule has 146 valence electrons. The Hall–Kier alpha value is -2.38. The van der Waals surface area contributed by atoms with Crippen LogP contribution in [0.1, 0.15) is 38.2 Å². The van der Waals surface area contributed by atoms with Crippen LogP contribution in [0.4, 0.5) is 10.5 Å². The van der Waals surface area contributed by atoms with Crippen LogP contribution < -0.4 is 10.9 Å². The Labute approximate surface area is 157 Å². The summed E-state index contributed by atoms with van der Waals surface area (Å²) < 4.78 is 10.2. The number of nitrogens with zero attached hydrogens (tertiary/aromatic N) is 1. The average Bonchev–Trinajstić information content (AvgIpc) is 2.63. The molecule has 1 unspecified atom stereocenters. The Morgan fingerprint density at radius 3 is 3.00 bits per heavy atom. The first kappa shape index (κ1) is 19.4. The van der Waals surface area contributed by atoms with Crippen molar-refractivity contribution in [3.8, 4) is 0 Å². The van der Waals surface area contributed by atoms with Gasteiger partial charge >= 0.3 is 11.7 Å². The third-order valence-corrected chi connectivity index (χ3v) is 4.94. The summed E-state index contributed by atoms with van der Waals surface area (Å²) in [6.07, 6.45) is 3.55. The highest BCUT2D eigenvalue weighted by molar-refractivity contribution is 5.89. The van der Waals surface area contributed by atoms with Gasteiger partial charge in [0.15, 0.2) is 0 Å². The summed E-state index contributed by atoms with van der Waals surface area (Å²) in [7, 11) is 0. The van der Waals surface area contributed by atoms with Gasteiger partial charge in [0.1, 0.15) is 5.58 Å². The molecule has 1 atom stereocenters. The van der Waals surface area contributed by atoms with Crippen LogP contribution in [-0.2, 0) is 11.3 Å². The molecule has 1 fully saturated rings. The number of piperidine rings is 1. The maximum atomic E-state index is 12.1. The number of anilines is 1. The summed E-state index contributed by atoms with van der Waals surface area (Å²) >= 11 is 0. The van der Waals surface area contributed by atoms with E-state index in [2.05, 4.69) is 10.2 Å². The molecule has 7 heteroatoms. The largest absolute Gasteiger partial charge is 0.450 e. The van der Waals surface area contributed by atoms with Gasteiger partial charge in [-0.3, -0.25) is 10.2 Å². The third-order valence-electron chi connectivity index (χ3n) is 4.94. The highest BCUT2D eigenvalue weighted by Crippen LogP contribution is 2.26. The molecule has 1 aliphatic rings. The number of hydrogen-bond donors (Lipinski definition) is 2. The number of nitrogens with one attached hydrogen (secondary N) is 1. The molecule has 7 nitrogen and oxygen atoms in total. The molecule has 1 aliphatic heterocycles. The quantitative estimate of drug-likeness (QED) is 0.755. The van der Waals surface area contributed by atoms with Gasteiger partial charge in [-0.15, -0.1) is 0 Å². The van der Waals surface area contributed by atoms with Crippen LogP contribution >= 0.6 is 0 Å². The molecule has 2 N–H and O–H groups in total. The molecular formula is C20H26N2O5. The van der Waals surface area contributed by atoms with Crippen LogP contribution in [0.3, 0.4) is 0 Å². The normalized spacial score (nSPS) is 17.8. The fourth-order valence-electron chi connectivity index (χ4n) is 3.69. The lowest BCUT2D eigenvalue weighted by Crippen LogP contribution is -2.39. The summed E-state index contributed by atoms with van der Waals surface area (Å²) in [6.45, 7) is 3.77. The smallest absolute Gasteiger partial charge is 0.411 e. The number of carbonyl (C=O) groups excluding carboxylic acids is 1. The fraction of sp³-hybridized carbons (Fsp3) is 0.500. The number of hydrogen-bond acceptors (Lipinski definition) is 6. The zero-order valence-electron chi connectivity index (χ0n) is 15.6. The van der Waals surface area contributed by atoms with Crippen LogP contribution in [0.15, 0.2) is 33.5 Å².